The first-order valence-electron chi connectivity index (χ1n) is 14.5. The van der Waals surface area contributed by atoms with Crippen LogP contribution in [0.3, 0.4) is 0 Å². The second-order valence-electron chi connectivity index (χ2n) is 10.8. The molecule has 43 heavy (non-hydrogen) atoms. The molecule has 0 saturated heterocycles. The van der Waals surface area contributed by atoms with Gasteiger partial charge in [0.15, 0.2) is 11.5 Å². The minimum absolute atomic E-state index is 0.261. The molecule has 2 N–H and O–H groups in total. The van der Waals surface area contributed by atoms with Crippen molar-refractivity contribution in [2.75, 3.05) is 19.5 Å². The lowest BCUT2D eigenvalue weighted by Gasteiger charge is -2.23. The van der Waals surface area contributed by atoms with E-state index in [1.807, 2.05) is 30.3 Å². The molecule has 2 amide bonds. The van der Waals surface area contributed by atoms with Crippen molar-refractivity contribution in [3.05, 3.63) is 84.3 Å². The minimum Gasteiger partial charge on any atom is -0.493 e. The molecule has 224 valence electrons. The first-order valence-corrected chi connectivity index (χ1v) is 14.5. The first kappa shape index (κ1) is 29.8. The number of carbonyl (C=O) groups excluding carboxylic acids is 2. The Morgan fingerprint density at radius 3 is 2.26 bits per heavy atom. The number of anilines is 1. The van der Waals surface area contributed by atoms with Crippen LogP contribution in [-0.4, -0.2) is 31.0 Å². The van der Waals surface area contributed by atoms with E-state index in [1.54, 1.807) is 32.5 Å². The molecule has 1 aliphatic rings. The van der Waals surface area contributed by atoms with Crippen LogP contribution in [0.25, 0.3) is 10.9 Å². The van der Waals surface area contributed by atoms with E-state index < -0.39 is 11.2 Å². The van der Waals surface area contributed by atoms with Crippen LogP contribution in [0.1, 0.15) is 57.1 Å². The number of halogens is 1. The highest BCUT2D eigenvalue weighted by molar-refractivity contribution is 6.13. The normalized spacial score (nSPS) is 14.0. The van der Waals surface area contributed by atoms with Crippen LogP contribution in [-0.2, 0) is 9.59 Å². The second kappa shape index (κ2) is 13.1. The molecular weight excluding hydrogens is 549 g/mol. The molecule has 0 bridgehead atoms. The molecule has 9 heteroatoms. The average Bonchev–Trinajstić information content (AvgIpc) is 3.84. The number of pyridine rings is 1. The molecule has 3 aromatic carbocycles. The predicted molar refractivity (Wildman–Crippen MR) is 163 cm³/mol. The highest BCUT2D eigenvalue weighted by Crippen LogP contribution is 2.47. The molecule has 0 radical (unpaired) electrons. The maximum atomic E-state index is 13.5. The van der Waals surface area contributed by atoms with Crippen LogP contribution in [0.15, 0.2) is 72.9 Å². The molecule has 4 aromatic rings. The van der Waals surface area contributed by atoms with Crippen LogP contribution >= 0.6 is 0 Å². The molecule has 1 heterocycles. The predicted octanol–water partition coefficient (Wildman–Crippen LogP) is 7.34. The van der Waals surface area contributed by atoms with E-state index in [9.17, 15) is 14.0 Å². The summed E-state index contributed by atoms with van der Waals surface area (Å²) in [5.41, 5.74) is 0.979. The van der Waals surface area contributed by atoms with Crippen molar-refractivity contribution >= 4 is 28.4 Å². The Bertz CT molecular complexity index is 1590. The van der Waals surface area contributed by atoms with Gasteiger partial charge in [-0.15, -0.1) is 0 Å². The van der Waals surface area contributed by atoms with Gasteiger partial charge in [0, 0.05) is 23.3 Å². The zero-order chi connectivity index (χ0) is 30.4. The standard InChI is InChI=1S/C34H36FN3O5/c1-4-5-6-7-27(38-33(40)34(17-18-34)32(39)37-24-12-10-23(35)11-13-24)22-8-14-25(15-9-22)43-29-16-19-36-28-21-31(42-3)30(41-2)20-26(28)29/h8-16,19-21,27H,4-7,17-18H2,1-3H3,(H,37,39)(H,38,40). The summed E-state index contributed by atoms with van der Waals surface area (Å²) in [4.78, 5) is 31.0. The molecule has 1 fully saturated rings. The van der Waals surface area contributed by atoms with Crippen LogP contribution in [0.2, 0.25) is 0 Å². The zero-order valence-electron chi connectivity index (χ0n) is 24.6. The Hall–Kier alpha value is -4.66. The van der Waals surface area contributed by atoms with Gasteiger partial charge in [-0.1, -0.05) is 38.3 Å². The molecule has 0 spiro atoms. The summed E-state index contributed by atoms with van der Waals surface area (Å²) in [6.07, 6.45) is 6.38. The fourth-order valence-electron chi connectivity index (χ4n) is 5.11. The zero-order valence-corrected chi connectivity index (χ0v) is 24.6. The number of ether oxygens (including phenoxy) is 3. The number of hydrogen-bond acceptors (Lipinski definition) is 6. The summed E-state index contributed by atoms with van der Waals surface area (Å²) >= 11 is 0. The Labute approximate surface area is 250 Å². The van der Waals surface area contributed by atoms with E-state index in [0.717, 1.165) is 36.6 Å². The van der Waals surface area contributed by atoms with Gasteiger partial charge in [-0.3, -0.25) is 14.6 Å². The fraction of sp³-hybridized carbons (Fsp3) is 0.324. The second-order valence-corrected chi connectivity index (χ2v) is 10.8. The molecule has 1 aromatic heterocycles. The topological polar surface area (TPSA) is 98.8 Å². The largest absolute Gasteiger partial charge is 0.493 e. The number of nitrogens with zero attached hydrogens (tertiary/aromatic N) is 1. The summed E-state index contributed by atoms with van der Waals surface area (Å²) in [6.45, 7) is 2.13. The van der Waals surface area contributed by atoms with E-state index >= 15 is 0 Å². The van der Waals surface area contributed by atoms with Crippen LogP contribution in [0, 0.1) is 11.2 Å². The van der Waals surface area contributed by atoms with E-state index in [-0.39, 0.29) is 17.9 Å². The summed E-state index contributed by atoms with van der Waals surface area (Å²) in [6, 6.07) is 18.3. The number of rotatable bonds is 13. The minimum atomic E-state index is -1.12. The smallest absolute Gasteiger partial charge is 0.240 e. The number of methoxy groups -OCH3 is 2. The lowest BCUT2D eigenvalue weighted by Crippen LogP contribution is -2.41. The Morgan fingerprint density at radius 2 is 1.60 bits per heavy atom. The number of aromatic nitrogens is 1. The number of carbonyl (C=O) groups is 2. The third kappa shape index (κ3) is 6.71. The monoisotopic (exact) mass is 585 g/mol. The molecule has 1 aliphatic carbocycles. The molecule has 1 atom stereocenters. The summed E-state index contributed by atoms with van der Waals surface area (Å²) in [7, 11) is 3.16. The van der Waals surface area contributed by atoms with Gasteiger partial charge in [0.2, 0.25) is 11.8 Å². The fourth-order valence-corrected chi connectivity index (χ4v) is 5.11. The molecule has 1 saturated carbocycles. The maximum absolute atomic E-state index is 13.5. The average molecular weight is 586 g/mol. The van der Waals surface area contributed by atoms with Gasteiger partial charge < -0.3 is 24.8 Å². The Balaban J connectivity index is 1.31. The van der Waals surface area contributed by atoms with Gasteiger partial charge in [-0.05, 0) is 73.4 Å². The van der Waals surface area contributed by atoms with Crippen LogP contribution in [0.4, 0.5) is 10.1 Å². The highest BCUT2D eigenvalue weighted by Gasteiger charge is 2.56. The van der Waals surface area contributed by atoms with E-state index in [4.69, 9.17) is 14.2 Å². The number of unbranched alkanes of at least 4 members (excludes halogenated alkanes) is 2. The third-order valence-corrected chi connectivity index (χ3v) is 7.84. The van der Waals surface area contributed by atoms with Crippen LogP contribution < -0.4 is 24.8 Å². The van der Waals surface area contributed by atoms with Gasteiger partial charge in [-0.25, -0.2) is 4.39 Å². The number of nitrogens with one attached hydrogen (secondary N) is 2. The number of amides is 2. The van der Waals surface area contributed by atoms with E-state index in [0.29, 0.717) is 47.0 Å². The van der Waals surface area contributed by atoms with Gasteiger partial charge in [-0.2, -0.15) is 0 Å². The Morgan fingerprint density at radius 1 is 0.907 bits per heavy atom. The maximum Gasteiger partial charge on any atom is 0.240 e. The SMILES string of the molecule is CCCCCC(NC(=O)C1(C(=O)Nc2ccc(F)cc2)CC1)c1ccc(Oc2ccnc3cc(OC)c(OC)cc23)cc1. The van der Waals surface area contributed by atoms with Gasteiger partial charge in [0.25, 0.3) is 0 Å². The molecular formula is C34H36FN3O5. The van der Waals surface area contributed by atoms with Crippen molar-refractivity contribution in [2.24, 2.45) is 5.41 Å². The van der Waals surface area contributed by atoms with E-state index in [1.165, 1.54) is 24.3 Å². The summed E-state index contributed by atoms with van der Waals surface area (Å²) in [5, 5.41) is 6.71. The quantitative estimate of drug-likeness (QED) is 0.126. The van der Waals surface area contributed by atoms with Crippen molar-refractivity contribution < 1.29 is 28.2 Å². The van der Waals surface area contributed by atoms with Crippen molar-refractivity contribution in [1.29, 1.82) is 0 Å². The highest BCUT2D eigenvalue weighted by atomic mass is 19.1. The van der Waals surface area contributed by atoms with Crippen molar-refractivity contribution in [1.82, 2.24) is 10.3 Å². The van der Waals surface area contributed by atoms with Crippen LogP contribution in [0.5, 0.6) is 23.0 Å². The van der Waals surface area contributed by atoms with Gasteiger partial charge in [0.05, 0.1) is 25.8 Å². The number of benzene rings is 3. The molecule has 1 unspecified atom stereocenters. The first-order chi connectivity index (χ1) is 20.9. The van der Waals surface area contributed by atoms with Crippen molar-refractivity contribution in [3.63, 3.8) is 0 Å². The molecule has 5 rings (SSSR count). The molecule has 0 aliphatic heterocycles. The summed E-state index contributed by atoms with van der Waals surface area (Å²) in [5.74, 6) is 1.36. The number of fused-ring (bicyclic) bond motifs is 1. The molecule has 8 nitrogen and oxygen atoms in total. The third-order valence-electron chi connectivity index (χ3n) is 7.84. The lowest BCUT2D eigenvalue weighted by molar-refractivity contribution is -0.135. The van der Waals surface area contributed by atoms with Crippen molar-refractivity contribution in [3.8, 4) is 23.0 Å². The summed E-state index contributed by atoms with van der Waals surface area (Å²) < 4.78 is 30.4. The van der Waals surface area contributed by atoms with E-state index in [2.05, 4.69) is 22.5 Å². The Kier molecular flexibility index (Phi) is 9.09. The van der Waals surface area contributed by atoms with Gasteiger partial charge >= 0.3 is 0 Å². The van der Waals surface area contributed by atoms with Crippen molar-refractivity contribution in [2.45, 2.75) is 51.5 Å². The lowest BCUT2D eigenvalue weighted by atomic mass is 9.97. The van der Waals surface area contributed by atoms with Gasteiger partial charge in [0.1, 0.15) is 22.7 Å². The number of hydrogen-bond donors (Lipinski definition) is 2.